The van der Waals surface area contributed by atoms with Gasteiger partial charge in [-0.3, -0.25) is 0 Å². The van der Waals surface area contributed by atoms with Crippen LogP contribution in [0.5, 0.6) is 5.75 Å². The molecule has 1 aromatic rings. The molecule has 0 saturated carbocycles. The maximum Gasteiger partial charge on any atom is 0.119 e. The number of aliphatic hydroxyl groups is 1. The predicted octanol–water partition coefficient (Wildman–Crippen LogP) is 1.74. The number of rotatable bonds is 7. The van der Waals surface area contributed by atoms with E-state index in [0.29, 0.717) is 6.54 Å². The van der Waals surface area contributed by atoms with Gasteiger partial charge >= 0.3 is 0 Å². The highest BCUT2D eigenvalue weighted by atomic mass is 16.5. The van der Waals surface area contributed by atoms with Crippen LogP contribution in [0.25, 0.3) is 0 Å². The maximum atomic E-state index is 9.75. The van der Waals surface area contributed by atoms with Crippen molar-refractivity contribution < 1.29 is 9.84 Å². The van der Waals surface area contributed by atoms with E-state index < -0.39 is 6.10 Å². The molecule has 18 heavy (non-hydrogen) atoms. The normalized spacial score (nSPS) is 13.7. The smallest absolute Gasteiger partial charge is 0.119 e. The highest BCUT2D eigenvalue weighted by molar-refractivity contribution is 5.26. The van der Waals surface area contributed by atoms with Gasteiger partial charge in [-0.05, 0) is 25.5 Å². The van der Waals surface area contributed by atoms with Crippen LogP contribution < -0.4 is 10.1 Å². The Morgan fingerprint density at radius 2 is 2.06 bits per heavy atom. The monoisotopic (exact) mass is 247 g/mol. The van der Waals surface area contributed by atoms with Crippen LogP contribution in [-0.2, 0) is 0 Å². The van der Waals surface area contributed by atoms with E-state index in [-0.39, 0.29) is 12.6 Å². The van der Waals surface area contributed by atoms with Crippen molar-refractivity contribution in [3.8, 4) is 18.1 Å². The molecule has 98 valence electrons. The van der Waals surface area contributed by atoms with Crippen molar-refractivity contribution in [1.29, 1.82) is 0 Å². The highest BCUT2D eigenvalue weighted by Gasteiger charge is 2.08. The van der Waals surface area contributed by atoms with Crippen molar-refractivity contribution in [2.75, 3.05) is 13.2 Å². The zero-order chi connectivity index (χ0) is 13.4. The molecule has 3 nitrogen and oxygen atoms in total. The van der Waals surface area contributed by atoms with Crippen molar-refractivity contribution in [1.82, 2.24) is 5.32 Å². The van der Waals surface area contributed by atoms with E-state index in [1.54, 1.807) is 0 Å². The van der Waals surface area contributed by atoms with E-state index in [2.05, 4.69) is 11.2 Å². The SMILES string of the molecule is C#CC(CC)NCC(O)COc1ccc(C)cc1. The molecule has 1 aromatic carbocycles. The molecule has 2 unspecified atom stereocenters. The molecule has 0 aromatic heterocycles. The first-order chi connectivity index (χ1) is 8.65. The highest BCUT2D eigenvalue weighted by Crippen LogP contribution is 2.11. The number of nitrogens with one attached hydrogen (secondary N) is 1. The third-order valence-electron chi connectivity index (χ3n) is 2.67. The molecule has 0 spiro atoms. The summed E-state index contributed by atoms with van der Waals surface area (Å²) in [6, 6.07) is 7.76. The molecule has 0 saturated heterocycles. The largest absolute Gasteiger partial charge is 0.491 e. The van der Waals surface area contributed by atoms with Crippen LogP contribution in [-0.4, -0.2) is 30.4 Å². The van der Waals surface area contributed by atoms with Crippen LogP contribution in [0.4, 0.5) is 0 Å². The molecule has 0 heterocycles. The zero-order valence-electron chi connectivity index (χ0n) is 11.0. The van der Waals surface area contributed by atoms with Crippen molar-refractivity contribution in [3.05, 3.63) is 29.8 Å². The van der Waals surface area contributed by atoms with Crippen molar-refractivity contribution >= 4 is 0 Å². The summed E-state index contributed by atoms with van der Waals surface area (Å²) in [7, 11) is 0. The molecule has 3 heteroatoms. The van der Waals surface area contributed by atoms with Gasteiger partial charge in [-0.25, -0.2) is 0 Å². The standard InChI is InChI=1S/C15H21NO2/c1-4-13(5-2)16-10-14(17)11-18-15-8-6-12(3)7-9-15/h1,6-9,13-14,16-17H,5,10-11H2,2-3H3. The van der Waals surface area contributed by atoms with Gasteiger partial charge in [0.25, 0.3) is 0 Å². The number of hydrogen-bond donors (Lipinski definition) is 2. The molecule has 0 amide bonds. The van der Waals surface area contributed by atoms with Crippen LogP contribution in [0.15, 0.2) is 24.3 Å². The number of ether oxygens (including phenoxy) is 1. The summed E-state index contributed by atoms with van der Waals surface area (Å²) >= 11 is 0. The molecular weight excluding hydrogens is 226 g/mol. The second-order valence-electron chi connectivity index (χ2n) is 4.31. The molecule has 2 N–H and O–H groups in total. The second kappa shape index (κ2) is 7.75. The fourth-order valence-electron chi connectivity index (χ4n) is 1.49. The van der Waals surface area contributed by atoms with Gasteiger partial charge in [0.15, 0.2) is 0 Å². The first-order valence-corrected chi connectivity index (χ1v) is 6.22. The number of hydrogen-bond acceptors (Lipinski definition) is 3. The Kier molecular flexibility index (Phi) is 6.27. The van der Waals surface area contributed by atoms with Gasteiger partial charge in [0, 0.05) is 6.54 Å². The molecule has 0 aliphatic carbocycles. The molecule has 0 aliphatic rings. The van der Waals surface area contributed by atoms with Gasteiger partial charge in [0.2, 0.25) is 0 Å². The first kappa shape index (κ1) is 14.6. The van der Waals surface area contributed by atoms with E-state index in [1.165, 1.54) is 5.56 Å². The summed E-state index contributed by atoms with van der Waals surface area (Å²) in [5.74, 6) is 3.39. The summed E-state index contributed by atoms with van der Waals surface area (Å²) < 4.78 is 5.48. The Morgan fingerprint density at radius 1 is 1.39 bits per heavy atom. The molecule has 0 radical (unpaired) electrons. The average molecular weight is 247 g/mol. The van der Waals surface area contributed by atoms with Crippen LogP contribution in [0, 0.1) is 19.3 Å². The number of aryl methyl sites for hydroxylation is 1. The van der Waals surface area contributed by atoms with Crippen LogP contribution in [0.3, 0.4) is 0 Å². The molecular formula is C15H21NO2. The van der Waals surface area contributed by atoms with Crippen LogP contribution in [0.2, 0.25) is 0 Å². The Balaban J connectivity index is 2.27. The topological polar surface area (TPSA) is 41.5 Å². The lowest BCUT2D eigenvalue weighted by atomic mass is 10.2. The lowest BCUT2D eigenvalue weighted by molar-refractivity contribution is 0.105. The number of benzene rings is 1. The Bertz CT molecular complexity index is 380. The minimum atomic E-state index is -0.561. The average Bonchev–Trinajstić information content (AvgIpc) is 2.39. The van der Waals surface area contributed by atoms with Gasteiger partial charge in [0.1, 0.15) is 18.5 Å². The summed E-state index contributed by atoms with van der Waals surface area (Å²) in [6.45, 7) is 4.73. The van der Waals surface area contributed by atoms with Gasteiger partial charge in [0.05, 0.1) is 6.04 Å². The minimum Gasteiger partial charge on any atom is -0.491 e. The van der Waals surface area contributed by atoms with Gasteiger partial charge in [-0.2, -0.15) is 0 Å². The fraction of sp³-hybridized carbons (Fsp3) is 0.467. The summed E-state index contributed by atoms with van der Waals surface area (Å²) in [5, 5.41) is 12.8. The van der Waals surface area contributed by atoms with E-state index in [9.17, 15) is 5.11 Å². The minimum absolute atomic E-state index is 0.0130. The molecule has 1 rings (SSSR count). The van der Waals surface area contributed by atoms with Gasteiger partial charge < -0.3 is 15.2 Å². The third kappa shape index (κ3) is 5.22. The van der Waals surface area contributed by atoms with Crippen LogP contribution in [0.1, 0.15) is 18.9 Å². The van der Waals surface area contributed by atoms with E-state index in [0.717, 1.165) is 12.2 Å². The van der Waals surface area contributed by atoms with Crippen molar-refractivity contribution in [2.24, 2.45) is 0 Å². The quantitative estimate of drug-likeness (QED) is 0.721. The summed E-state index contributed by atoms with van der Waals surface area (Å²) in [6.07, 6.45) is 5.61. The Labute approximate surface area is 109 Å². The number of aliphatic hydroxyl groups excluding tert-OH is 1. The summed E-state index contributed by atoms with van der Waals surface area (Å²) in [5.41, 5.74) is 1.18. The van der Waals surface area contributed by atoms with E-state index in [4.69, 9.17) is 11.2 Å². The van der Waals surface area contributed by atoms with E-state index >= 15 is 0 Å². The first-order valence-electron chi connectivity index (χ1n) is 6.22. The van der Waals surface area contributed by atoms with Crippen molar-refractivity contribution in [3.63, 3.8) is 0 Å². The molecule has 0 aliphatic heterocycles. The predicted molar refractivity (Wildman–Crippen MR) is 73.6 cm³/mol. The number of terminal acetylenes is 1. The lowest BCUT2D eigenvalue weighted by Crippen LogP contribution is -2.37. The van der Waals surface area contributed by atoms with Crippen LogP contribution >= 0.6 is 0 Å². The Hall–Kier alpha value is -1.50. The Morgan fingerprint density at radius 3 is 2.61 bits per heavy atom. The maximum absolute atomic E-state index is 9.75. The second-order valence-corrected chi connectivity index (χ2v) is 4.31. The van der Waals surface area contributed by atoms with Crippen molar-refractivity contribution in [2.45, 2.75) is 32.4 Å². The molecule has 0 bridgehead atoms. The fourth-order valence-corrected chi connectivity index (χ4v) is 1.49. The zero-order valence-corrected chi connectivity index (χ0v) is 11.0. The van der Waals surface area contributed by atoms with Gasteiger partial charge in [-0.1, -0.05) is 30.5 Å². The summed E-state index contributed by atoms with van der Waals surface area (Å²) in [4.78, 5) is 0. The third-order valence-corrected chi connectivity index (χ3v) is 2.67. The van der Waals surface area contributed by atoms with E-state index in [1.807, 2.05) is 38.1 Å². The lowest BCUT2D eigenvalue weighted by Gasteiger charge is -2.16. The van der Waals surface area contributed by atoms with Gasteiger partial charge in [-0.15, -0.1) is 6.42 Å². The molecule has 2 atom stereocenters. The molecule has 0 fully saturated rings.